The molecule has 1 aromatic rings. The summed E-state index contributed by atoms with van der Waals surface area (Å²) in [6.07, 6.45) is 2.16. The zero-order chi connectivity index (χ0) is 17.9. The summed E-state index contributed by atoms with van der Waals surface area (Å²) in [5, 5.41) is 3.54. The maximum Gasteiger partial charge on any atom is 0.254 e. The van der Waals surface area contributed by atoms with E-state index >= 15 is 0 Å². The molecule has 3 unspecified atom stereocenters. The van der Waals surface area contributed by atoms with Crippen molar-refractivity contribution in [1.29, 1.82) is 0 Å². The standard InChI is InChI=1S/C20H33N3O/c1-13(2)16(5)22-19-10-6-9-18(14(19)3)20(24)23-11-7-8-17(12-23)15(4)21/h6,9-10,13,15-17,22H,7-8,11-12,21H2,1-5H3. The Kier molecular flexibility index (Phi) is 6.27. The van der Waals surface area contributed by atoms with E-state index in [0.29, 0.717) is 17.9 Å². The zero-order valence-corrected chi connectivity index (χ0v) is 15.8. The van der Waals surface area contributed by atoms with Gasteiger partial charge < -0.3 is 16.0 Å². The molecule has 1 fully saturated rings. The fourth-order valence-electron chi connectivity index (χ4n) is 3.23. The zero-order valence-electron chi connectivity index (χ0n) is 15.8. The normalized spacial score (nSPS) is 20.8. The molecule has 134 valence electrons. The van der Waals surface area contributed by atoms with E-state index in [1.807, 2.05) is 30.9 Å². The maximum atomic E-state index is 13.0. The average Bonchev–Trinajstić information content (AvgIpc) is 2.56. The van der Waals surface area contributed by atoms with Crippen molar-refractivity contribution in [3.63, 3.8) is 0 Å². The van der Waals surface area contributed by atoms with E-state index in [-0.39, 0.29) is 11.9 Å². The van der Waals surface area contributed by atoms with Crippen LogP contribution in [0.15, 0.2) is 18.2 Å². The van der Waals surface area contributed by atoms with Crippen LogP contribution >= 0.6 is 0 Å². The van der Waals surface area contributed by atoms with Gasteiger partial charge in [-0.2, -0.15) is 0 Å². The highest BCUT2D eigenvalue weighted by Crippen LogP contribution is 2.25. The lowest BCUT2D eigenvalue weighted by atomic mass is 9.91. The predicted molar refractivity (Wildman–Crippen MR) is 101 cm³/mol. The number of piperidine rings is 1. The van der Waals surface area contributed by atoms with Crippen molar-refractivity contribution in [2.75, 3.05) is 18.4 Å². The Hall–Kier alpha value is -1.55. The van der Waals surface area contributed by atoms with Gasteiger partial charge in [0.2, 0.25) is 0 Å². The summed E-state index contributed by atoms with van der Waals surface area (Å²) in [6.45, 7) is 12.3. The van der Waals surface area contributed by atoms with Crippen LogP contribution in [0.3, 0.4) is 0 Å². The van der Waals surface area contributed by atoms with Gasteiger partial charge in [0.15, 0.2) is 0 Å². The second kappa shape index (κ2) is 8.02. The van der Waals surface area contributed by atoms with E-state index < -0.39 is 0 Å². The molecule has 0 radical (unpaired) electrons. The number of benzene rings is 1. The number of carbonyl (C=O) groups excluding carboxylic acids is 1. The van der Waals surface area contributed by atoms with E-state index in [4.69, 9.17) is 5.73 Å². The fourth-order valence-corrected chi connectivity index (χ4v) is 3.23. The number of likely N-dealkylation sites (tertiary alicyclic amines) is 1. The van der Waals surface area contributed by atoms with Crippen molar-refractivity contribution in [1.82, 2.24) is 4.90 Å². The largest absolute Gasteiger partial charge is 0.382 e. The lowest BCUT2D eigenvalue weighted by molar-refractivity contribution is 0.0660. The topological polar surface area (TPSA) is 58.4 Å². The lowest BCUT2D eigenvalue weighted by Gasteiger charge is -2.35. The van der Waals surface area contributed by atoms with E-state index in [9.17, 15) is 4.79 Å². The van der Waals surface area contributed by atoms with Crippen molar-refractivity contribution in [2.24, 2.45) is 17.6 Å². The number of anilines is 1. The van der Waals surface area contributed by atoms with Crippen LogP contribution in [0.2, 0.25) is 0 Å². The predicted octanol–water partition coefficient (Wildman–Crippen LogP) is 3.65. The molecule has 1 aliphatic rings. The molecular weight excluding hydrogens is 298 g/mol. The smallest absolute Gasteiger partial charge is 0.254 e. The minimum absolute atomic E-state index is 0.138. The van der Waals surface area contributed by atoms with E-state index in [0.717, 1.165) is 42.7 Å². The summed E-state index contributed by atoms with van der Waals surface area (Å²) in [5.74, 6) is 1.08. The minimum atomic E-state index is 0.138. The van der Waals surface area contributed by atoms with Gasteiger partial charge in [0.25, 0.3) is 5.91 Å². The van der Waals surface area contributed by atoms with Gasteiger partial charge in [0.1, 0.15) is 0 Å². The minimum Gasteiger partial charge on any atom is -0.382 e. The van der Waals surface area contributed by atoms with Gasteiger partial charge in [0, 0.05) is 36.4 Å². The van der Waals surface area contributed by atoms with Crippen molar-refractivity contribution in [3.8, 4) is 0 Å². The third-order valence-corrected chi connectivity index (χ3v) is 5.44. The number of nitrogens with zero attached hydrogens (tertiary/aromatic N) is 1. The number of rotatable bonds is 5. The molecule has 4 heteroatoms. The third kappa shape index (κ3) is 4.29. The van der Waals surface area contributed by atoms with Crippen molar-refractivity contribution >= 4 is 11.6 Å². The maximum absolute atomic E-state index is 13.0. The van der Waals surface area contributed by atoms with Crippen molar-refractivity contribution in [2.45, 2.75) is 59.5 Å². The number of carbonyl (C=O) groups is 1. The molecule has 2 rings (SSSR count). The van der Waals surface area contributed by atoms with Crippen LogP contribution in [0.4, 0.5) is 5.69 Å². The Balaban J connectivity index is 2.17. The molecule has 0 aliphatic carbocycles. The van der Waals surface area contributed by atoms with Crippen LogP contribution in [-0.4, -0.2) is 36.0 Å². The Morgan fingerprint density at radius 1 is 1.29 bits per heavy atom. The second-order valence-electron chi connectivity index (χ2n) is 7.67. The monoisotopic (exact) mass is 331 g/mol. The average molecular weight is 332 g/mol. The molecule has 0 bridgehead atoms. The summed E-state index contributed by atoms with van der Waals surface area (Å²) in [4.78, 5) is 15.0. The fraction of sp³-hybridized carbons (Fsp3) is 0.650. The molecule has 1 saturated heterocycles. The summed E-state index contributed by atoms with van der Waals surface area (Å²) >= 11 is 0. The van der Waals surface area contributed by atoms with Gasteiger partial charge in [-0.25, -0.2) is 0 Å². The first-order chi connectivity index (χ1) is 11.3. The van der Waals surface area contributed by atoms with Gasteiger partial charge in [-0.05, 0) is 63.1 Å². The molecule has 1 aliphatic heterocycles. The molecular formula is C20H33N3O. The molecule has 4 nitrogen and oxygen atoms in total. The number of hydrogen-bond acceptors (Lipinski definition) is 3. The van der Waals surface area contributed by atoms with Crippen LogP contribution in [0.1, 0.15) is 56.5 Å². The highest BCUT2D eigenvalue weighted by Gasteiger charge is 2.27. The number of amides is 1. The van der Waals surface area contributed by atoms with Crippen LogP contribution in [0.25, 0.3) is 0 Å². The Bertz CT molecular complexity index is 568. The summed E-state index contributed by atoms with van der Waals surface area (Å²) in [6, 6.07) is 6.49. The van der Waals surface area contributed by atoms with Crippen molar-refractivity contribution in [3.05, 3.63) is 29.3 Å². The van der Waals surface area contributed by atoms with Crippen LogP contribution in [-0.2, 0) is 0 Å². The van der Waals surface area contributed by atoms with Crippen LogP contribution in [0.5, 0.6) is 0 Å². The Morgan fingerprint density at radius 2 is 2.00 bits per heavy atom. The molecule has 0 saturated carbocycles. The number of hydrogen-bond donors (Lipinski definition) is 2. The number of nitrogens with two attached hydrogens (primary N) is 1. The molecule has 3 N–H and O–H groups in total. The first kappa shape index (κ1) is 18.8. The Morgan fingerprint density at radius 3 is 2.62 bits per heavy atom. The first-order valence-corrected chi connectivity index (χ1v) is 9.22. The van der Waals surface area contributed by atoms with Crippen molar-refractivity contribution < 1.29 is 4.79 Å². The Labute approximate surface area is 146 Å². The van der Waals surface area contributed by atoms with E-state index in [1.54, 1.807) is 0 Å². The summed E-state index contributed by atoms with van der Waals surface area (Å²) < 4.78 is 0. The third-order valence-electron chi connectivity index (χ3n) is 5.44. The van der Waals surface area contributed by atoms with Gasteiger partial charge in [-0.1, -0.05) is 19.9 Å². The molecule has 1 aromatic carbocycles. The second-order valence-corrected chi connectivity index (χ2v) is 7.67. The van der Waals surface area contributed by atoms with E-state index in [1.165, 1.54) is 0 Å². The molecule has 0 spiro atoms. The molecule has 1 heterocycles. The SMILES string of the molecule is Cc1c(NC(C)C(C)C)cccc1C(=O)N1CCCC(C(C)N)C1. The molecule has 1 amide bonds. The van der Waals surface area contributed by atoms with Crippen LogP contribution in [0, 0.1) is 18.8 Å². The first-order valence-electron chi connectivity index (χ1n) is 9.22. The van der Waals surface area contributed by atoms with Gasteiger partial charge in [-0.3, -0.25) is 4.79 Å². The van der Waals surface area contributed by atoms with Gasteiger partial charge in [0.05, 0.1) is 0 Å². The van der Waals surface area contributed by atoms with E-state index in [2.05, 4.69) is 32.2 Å². The quantitative estimate of drug-likeness (QED) is 0.866. The molecule has 0 aromatic heterocycles. The van der Waals surface area contributed by atoms with Gasteiger partial charge in [-0.15, -0.1) is 0 Å². The number of nitrogens with one attached hydrogen (secondary N) is 1. The highest BCUT2D eigenvalue weighted by atomic mass is 16.2. The highest BCUT2D eigenvalue weighted by molar-refractivity contribution is 5.97. The lowest BCUT2D eigenvalue weighted by Crippen LogP contribution is -2.45. The summed E-state index contributed by atoms with van der Waals surface area (Å²) in [5.41, 5.74) is 8.96. The molecule has 3 atom stereocenters. The summed E-state index contributed by atoms with van der Waals surface area (Å²) in [7, 11) is 0. The molecule has 24 heavy (non-hydrogen) atoms. The van der Waals surface area contributed by atoms with Gasteiger partial charge >= 0.3 is 0 Å². The van der Waals surface area contributed by atoms with Crippen LogP contribution < -0.4 is 11.1 Å².